The van der Waals surface area contributed by atoms with Crippen molar-refractivity contribution in [3.63, 3.8) is 0 Å². The molecule has 9 aromatic rings. The minimum absolute atomic E-state index is 0.549. The highest BCUT2D eigenvalue weighted by molar-refractivity contribution is 5.89. The minimum Gasteiger partial charge on any atom is -0.457 e. The van der Waals surface area contributed by atoms with Crippen molar-refractivity contribution in [3.8, 4) is 79.2 Å². The molecule has 5 heteroatoms. The van der Waals surface area contributed by atoms with Crippen molar-refractivity contribution in [3.05, 3.63) is 217 Å². The molecule has 1 aliphatic heterocycles. The molecule has 2 aliphatic rings. The molecule has 262 valence electrons. The van der Waals surface area contributed by atoms with Crippen LogP contribution in [-0.2, 0) is 5.41 Å². The summed E-state index contributed by atoms with van der Waals surface area (Å²) in [4.78, 5) is 19.4. The predicted octanol–water partition coefficient (Wildman–Crippen LogP) is 12.1. The summed E-state index contributed by atoms with van der Waals surface area (Å²) < 4.78 is 6.97. The van der Waals surface area contributed by atoms with Crippen molar-refractivity contribution in [2.45, 2.75) is 5.41 Å². The third kappa shape index (κ3) is 5.02. The first-order valence-corrected chi connectivity index (χ1v) is 18.8. The van der Waals surface area contributed by atoms with E-state index in [1.54, 1.807) is 0 Å². The number of ether oxygens (including phenoxy) is 1. The molecule has 3 heterocycles. The van der Waals surface area contributed by atoms with E-state index < -0.39 is 5.41 Å². The summed E-state index contributed by atoms with van der Waals surface area (Å²) in [6, 6.07) is 65.4. The summed E-state index contributed by atoms with van der Waals surface area (Å²) in [7, 11) is 0. The van der Waals surface area contributed by atoms with Crippen LogP contribution in [-0.4, -0.2) is 19.9 Å². The fraction of sp³-hybridized carbons (Fsp3) is 0.0196. The van der Waals surface area contributed by atoms with Gasteiger partial charge in [-0.1, -0.05) is 164 Å². The Morgan fingerprint density at radius 2 is 0.786 bits per heavy atom. The van der Waals surface area contributed by atoms with Crippen LogP contribution in [0, 0.1) is 0 Å². The maximum atomic E-state index is 6.97. The molecule has 1 spiro atoms. The van der Waals surface area contributed by atoms with Gasteiger partial charge in [-0.2, -0.15) is 0 Å². The molecule has 2 aromatic heterocycles. The van der Waals surface area contributed by atoms with Gasteiger partial charge in [0.15, 0.2) is 17.5 Å². The van der Waals surface area contributed by atoms with E-state index in [1.807, 2.05) is 85.1 Å². The Hall–Kier alpha value is -7.50. The summed E-state index contributed by atoms with van der Waals surface area (Å²) in [5, 5.41) is 0. The van der Waals surface area contributed by atoms with Gasteiger partial charge in [-0.15, -0.1) is 0 Å². The van der Waals surface area contributed by atoms with E-state index in [1.165, 1.54) is 22.3 Å². The second-order valence-electron chi connectivity index (χ2n) is 14.2. The number of rotatable bonds is 5. The van der Waals surface area contributed by atoms with Crippen LogP contribution < -0.4 is 4.74 Å². The van der Waals surface area contributed by atoms with E-state index >= 15 is 0 Å². The lowest BCUT2D eigenvalue weighted by molar-refractivity contribution is 0.437. The largest absolute Gasteiger partial charge is 0.457 e. The zero-order valence-electron chi connectivity index (χ0n) is 30.2. The van der Waals surface area contributed by atoms with Crippen molar-refractivity contribution < 1.29 is 4.74 Å². The summed E-state index contributed by atoms with van der Waals surface area (Å²) >= 11 is 0. The molecule has 56 heavy (non-hydrogen) atoms. The molecule has 7 aromatic carbocycles. The molecule has 5 nitrogen and oxygen atoms in total. The van der Waals surface area contributed by atoms with Gasteiger partial charge in [0.05, 0.1) is 11.1 Å². The SMILES string of the molecule is c1ccc(-c2nc(-c3ccccc3)nc(-c3ccc(-c4ccc5c(c4)Oc4cc(-c6ccccn6)ccc4C54c5ccccc5-c5ccccc54)cc3)n2)cc1. The second kappa shape index (κ2) is 12.8. The number of pyridine rings is 1. The molecule has 1 aliphatic carbocycles. The van der Waals surface area contributed by atoms with E-state index in [2.05, 4.69) is 114 Å². The van der Waals surface area contributed by atoms with Gasteiger partial charge in [0.25, 0.3) is 0 Å². The minimum atomic E-state index is -0.549. The van der Waals surface area contributed by atoms with E-state index in [0.717, 1.165) is 61.7 Å². The maximum absolute atomic E-state index is 6.97. The molecule has 0 amide bonds. The Labute approximate surface area is 324 Å². The van der Waals surface area contributed by atoms with Crippen LogP contribution in [0.15, 0.2) is 194 Å². The molecule has 0 atom stereocenters. The molecule has 0 saturated carbocycles. The molecular weight excluding hydrogens is 685 g/mol. The standard InChI is InChI=1S/C51H32N4O/c1-3-13-34(14-4-1)48-53-49(35-15-5-2-6-16-35)55-50(54-48)36-24-22-33(23-25-36)37-26-28-43-46(31-37)56-47-32-38(45-21-11-12-30-52-45)27-29-44(47)51(43)41-19-9-7-17-39(41)40-18-8-10-20-42(40)51/h1-32H. The molecular formula is C51H32N4O. The lowest BCUT2D eigenvalue weighted by atomic mass is 9.66. The van der Waals surface area contributed by atoms with E-state index in [-0.39, 0.29) is 0 Å². The summed E-state index contributed by atoms with van der Waals surface area (Å²) in [5.41, 5.74) is 13.6. The maximum Gasteiger partial charge on any atom is 0.164 e. The third-order valence-corrected chi connectivity index (χ3v) is 11.1. The molecule has 0 saturated heterocycles. The molecule has 0 bridgehead atoms. The Bertz CT molecular complexity index is 2830. The van der Waals surface area contributed by atoms with Crippen LogP contribution in [0.3, 0.4) is 0 Å². The average Bonchev–Trinajstić information content (AvgIpc) is 3.57. The number of hydrogen-bond donors (Lipinski definition) is 0. The van der Waals surface area contributed by atoms with E-state index in [9.17, 15) is 0 Å². The van der Waals surface area contributed by atoms with Crippen molar-refractivity contribution in [2.24, 2.45) is 0 Å². The zero-order valence-corrected chi connectivity index (χ0v) is 30.2. The Morgan fingerprint density at radius 3 is 1.34 bits per heavy atom. The first kappa shape index (κ1) is 32.0. The molecule has 0 radical (unpaired) electrons. The van der Waals surface area contributed by atoms with Gasteiger partial charge in [0.1, 0.15) is 11.5 Å². The van der Waals surface area contributed by atoms with Crippen molar-refractivity contribution in [1.82, 2.24) is 19.9 Å². The lowest BCUT2D eigenvalue weighted by Gasteiger charge is -2.39. The van der Waals surface area contributed by atoms with Crippen molar-refractivity contribution in [2.75, 3.05) is 0 Å². The van der Waals surface area contributed by atoms with Crippen molar-refractivity contribution >= 4 is 0 Å². The van der Waals surface area contributed by atoms with Crippen LogP contribution in [0.25, 0.3) is 67.7 Å². The van der Waals surface area contributed by atoms with Crippen LogP contribution in [0.2, 0.25) is 0 Å². The van der Waals surface area contributed by atoms with Crippen LogP contribution >= 0.6 is 0 Å². The van der Waals surface area contributed by atoms with Gasteiger partial charge >= 0.3 is 0 Å². The van der Waals surface area contributed by atoms with E-state index in [4.69, 9.17) is 19.7 Å². The van der Waals surface area contributed by atoms with Crippen LogP contribution in [0.4, 0.5) is 0 Å². The molecule has 0 fully saturated rings. The number of hydrogen-bond acceptors (Lipinski definition) is 5. The lowest BCUT2D eigenvalue weighted by Crippen LogP contribution is -2.32. The number of aromatic nitrogens is 4. The van der Waals surface area contributed by atoms with Gasteiger partial charge in [0, 0.05) is 39.6 Å². The summed E-state index contributed by atoms with van der Waals surface area (Å²) in [5.74, 6) is 3.57. The monoisotopic (exact) mass is 716 g/mol. The Balaban J connectivity index is 1.04. The number of benzene rings is 7. The molecule has 11 rings (SSSR count). The Morgan fingerprint density at radius 1 is 0.339 bits per heavy atom. The number of fused-ring (bicyclic) bond motifs is 9. The van der Waals surface area contributed by atoms with Crippen LogP contribution in [0.5, 0.6) is 11.5 Å². The Kier molecular flexibility index (Phi) is 7.32. The highest BCUT2D eigenvalue weighted by Crippen LogP contribution is 2.62. The van der Waals surface area contributed by atoms with Crippen molar-refractivity contribution in [1.29, 1.82) is 0 Å². The predicted molar refractivity (Wildman–Crippen MR) is 222 cm³/mol. The molecule has 0 N–H and O–H groups in total. The first-order chi connectivity index (χ1) is 27.7. The topological polar surface area (TPSA) is 60.8 Å². The van der Waals surface area contributed by atoms with E-state index in [0.29, 0.717) is 17.5 Å². The van der Waals surface area contributed by atoms with Gasteiger partial charge in [-0.05, 0) is 57.6 Å². The fourth-order valence-electron chi connectivity index (χ4n) is 8.53. The normalized spacial score (nSPS) is 12.9. The van der Waals surface area contributed by atoms with Gasteiger partial charge in [-0.25, -0.2) is 15.0 Å². The highest BCUT2D eigenvalue weighted by Gasteiger charge is 2.51. The van der Waals surface area contributed by atoms with Gasteiger partial charge in [-0.3, -0.25) is 4.98 Å². The fourth-order valence-corrected chi connectivity index (χ4v) is 8.53. The highest BCUT2D eigenvalue weighted by atomic mass is 16.5. The quantitative estimate of drug-likeness (QED) is 0.177. The first-order valence-electron chi connectivity index (χ1n) is 18.8. The summed E-state index contributed by atoms with van der Waals surface area (Å²) in [6.07, 6.45) is 1.83. The second-order valence-corrected chi connectivity index (χ2v) is 14.2. The average molecular weight is 717 g/mol. The smallest absolute Gasteiger partial charge is 0.164 e. The van der Waals surface area contributed by atoms with Crippen LogP contribution in [0.1, 0.15) is 22.3 Å². The van der Waals surface area contributed by atoms with Gasteiger partial charge < -0.3 is 4.74 Å². The molecule has 0 unspecified atom stereocenters. The number of nitrogens with zero attached hydrogens (tertiary/aromatic N) is 4. The van der Waals surface area contributed by atoms with Gasteiger partial charge in [0.2, 0.25) is 0 Å². The third-order valence-electron chi connectivity index (χ3n) is 11.1. The summed E-state index contributed by atoms with van der Waals surface area (Å²) in [6.45, 7) is 0. The zero-order chi connectivity index (χ0) is 37.1.